The van der Waals surface area contributed by atoms with E-state index in [4.69, 9.17) is 0 Å². The Hall–Kier alpha value is 0.0384. The Kier molecular flexibility index (Phi) is 1.62. The maximum absolute atomic E-state index is 3.32. The molecule has 1 aliphatic heterocycles. The molecular weight excluding hydrogens is 159 g/mol. The van der Waals surface area contributed by atoms with Crippen molar-refractivity contribution in [2.24, 2.45) is 0 Å². The molecule has 0 saturated carbocycles. The summed E-state index contributed by atoms with van der Waals surface area (Å²) in [6.45, 7) is 6.55. The molecule has 8 heavy (non-hydrogen) atoms. The van der Waals surface area contributed by atoms with Gasteiger partial charge in [-0.2, -0.15) is 0 Å². The second-order valence-corrected chi connectivity index (χ2v) is 5.80. The van der Waals surface area contributed by atoms with E-state index in [9.17, 15) is 0 Å². The van der Waals surface area contributed by atoms with Crippen molar-refractivity contribution in [1.82, 2.24) is 0 Å². The van der Waals surface area contributed by atoms with Gasteiger partial charge in [0.15, 0.2) is 0 Å². The molecule has 0 aromatic heterocycles. The summed E-state index contributed by atoms with van der Waals surface area (Å²) in [5.41, 5.74) is 1.39. The van der Waals surface area contributed by atoms with Crippen molar-refractivity contribution >= 4 is 15.8 Å². The molecule has 1 aliphatic rings. The summed E-state index contributed by atoms with van der Waals surface area (Å²) in [6, 6.07) is 0. The molecule has 1 atom stereocenters. The van der Waals surface area contributed by atoms with E-state index >= 15 is 0 Å². The number of hydrogen-bond donors (Lipinski definition) is 0. The van der Waals surface area contributed by atoms with Crippen molar-refractivity contribution in [3.8, 4) is 0 Å². The minimum atomic E-state index is 0.141. The summed E-state index contributed by atoms with van der Waals surface area (Å²) < 4.78 is 3.10. The van der Waals surface area contributed by atoms with Gasteiger partial charge in [0, 0.05) is 0 Å². The third kappa shape index (κ3) is 1.06. The third-order valence-electron chi connectivity index (χ3n) is 1.31. The van der Waals surface area contributed by atoms with Crippen LogP contribution in [0.15, 0.2) is 14.3 Å². The Bertz CT molecular complexity index is 163. The molecular formula is C7H10As. The van der Waals surface area contributed by atoms with Gasteiger partial charge < -0.3 is 0 Å². The first-order chi connectivity index (χ1) is 3.70. The van der Waals surface area contributed by atoms with Gasteiger partial charge in [0.2, 0.25) is 0 Å². The predicted molar refractivity (Wildman–Crippen MR) is 38.0 cm³/mol. The van der Waals surface area contributed by atoms with Crippen molar-refractivity contribution in [1.29, 1.82) is 0 Å². The first-order valence-electron chi connectivity index (χ1n) is 2.75. The zero-order chi connectivity index (χ0) is 6.15. The number of hydrogen-bond acceptors (Lipinski definition) is 0. The Balaban J connectivity index is 2.79. The summed E-state index contributed by atoms with van der Waals surface area (Å²) in [6.07, 6.45) is 3.32. The van der Waals surface area contributed by atoms with Crippen molar-refractivity contribution < 1.29 is 0 Å². The van der Waals surface area contributed by atoms with Crippen LogP contribution in [0.4, 0.5) is 0 Å². The van der Waals surface area contributed by atoms with E-state index in [0.717, 1.165) is 0 Å². The molecule has 1 heteroatoms. The molecule has 0 aromatic carbocycles. The van der Waals surface area contributed by atoms with E-state index in [1.165, 1.54) is 9.93 Å². The SMILES string of the molecule is CC1=[C]C(C)=C(C)[AsH]1. The van der Waals surface area contributed by atoms with Gasteiger partial charge in [0.05, 0.1) is 0 Å². The van der Waals surface area contributed by atoms with Crippen LogP contribution in [0.25, 0.3) is 0 Å². The van der Waals surface area contributed by atoms with E-state index < -0.39 is 0 Å². The zero-order valence-corrected chi connectivity index (χ0v) is 7.60. The molecule has 0 fully saturated rings. The normalized spacial score (nSPS) is 22.6. The zero-order valence-electron chi connectivity index (χ0n) is 5.50. The van der Waals surface area contributed by atoms with Crippen LogP contribution in [0.5, 0.6) is 0 Å². The Morgan fingerprint density at radius 2 is 1.88 bits per heavy atom. The molecule has 1 radical (unpaired) electrons. The van der Waals surface area contributed by atoms with Crippen LogP contribution in [0.3, 0.4) is 0 Å². The maximum atomic E-state index is 3.32. The molecule has 0 N–H and O–H groups in total. The number of allylic oxidation sites excluding steroid dienone is 4. The molecule has 1 unspecified atom stereocenters. The molecule has 0 spiro atoms. The van der Waals surface area contributed by atoms with Gasteiger partial charge >= 0.3 is 56.9 Å². The Morgan fingerprint density at radius 1 is 1.25 bits per heavy atom. The van der Waals surface area contributed by atoms with E-state index in [1.54, 1.807) is 4.36 Å². The molecule has 1 rings (SSSR count). The van der Waals surface area contributed by atoms with Crippen molar-refractivity contribution in [3.63, 3.8) is 0 Å². The fourth-order valence-corrected chi connectivity index (χ4v) is 3.01. The minimum absolute atomic E-state index is 0.141. The quantitative estimate of drug-likeness (QED) is 0.481. The van der Waals surface area contributed by atoms with Gasteiger partial charge in [-0.1, -0.05) is 0 Å². The topological polar surface area (TPSA) is 0 Å². The van der Waals surface area contributed by atoms with Crippen LogP contribution in [0, 0.1) is 6.08 Å². The van der Waals surface area contributed by atoms with Gasteiger partial charge in [-0.3, -0.25) is 0 Å². The van der Waals surface area contributed by atoms with E-state index in [2.05, 4.69) is 26.8 Å². The van der Waals surface area contributed by atoms with Crippen molar-refractivity contribution in [3.05, 3.63) is 20.4 Å². The fourth-order valence-electron chi connectivity index (χ4n) is 0.781. The average Bonchev–Trinajstić information content (AvgIpc) is 1.85. The second kappa shape index (κ2) is 2.11. The summed E-state index contributed by atoms with van der Waals surface area (Å²) in [5, 5.41) is 0. The molecule has 0 aliphatic carbocycles. The molecule has 0 amide bonds. The van der Waals surface area contributed by atoms with Gasteiger partial charge in [0.1, 0.15) is 0 Å². The monoisotopic (exact) mass is 169 g/mol. The molecule has 1 heterocycles. The summed E-state index contributed by atoms with van der Waals surface area (Å²) >= 11 is 0.141. The van der Waals surface area contributed by atoms with Crippen LogP contribution in [-0.2, 0) is 0 Å². The summed E-state index contributed by atoms with van der Waals surface area (Å²) in [7, 11) is 0. The summed E-state index contributed by atoms with van der Waals surface area (Å²) in [5.74, 6) is 0. The van der Waals surface area contributed by atoms with Crippen molar-refractivity contribution in [2.45, 2.75) is 20.8 Å². The first kappa shape index (κ1) is 6.16. The van der Waals surface area contributed by atoms with Crippen LogP contribution < -0.4 is 0 Å². The molecule has 43 valence electrons. The summed E-state index contributed by atoms with van der Waals surface area (Å²) in [4.78, 5) is 0. The van der Waals surface area contributed by atoms with Crippen LogP contribution >= 0.6 is 0 Å². The van der Waals surface area contributed by atoms with Gasteiger partial charge in [-0.25, -0.2) is 0 Å². The Morgan fingerprint density at radius 3 is 2.00 bits per heavy atom. The standard InChI is InChI=1S/C7H10As/c1-5-4-6(2)8-7(5)3/h8H,1-3H3. The van der Waals surface area contributed by atoms with Gasteiger partial charge in [0.25, 0.3) is 0 Å². The average molecular weight is 169 g/mol. The van der Waals surface area contributed by atoms with E-state index in [-0.39, 0.29) is 15.8 Å². The molecule has 0 nitrogen and oxygen atoms in total. The van der Waals surface area contributed by atoms with E-state index in [0.29, 0.717) is 0 Å². The van der Waals surface area contributed by atoms with Gasteiger partial charge in [-0.05, 0) is 0 Å². The number of rotatable bonds is 0. The van der Waals surface area contributed by atoms with Crippen molar-refractivity contribution in [2.75, 3.05) is 0 Å². The first-order valence-corrected chi connectivity index (χ1v) is 4.85. The fraction of sp³-hybridized carbons (Fsp3) is 0.429. The van der Waals surface area contributed by atoms with Crippen LogP contribution in [-0.4, -0.2) is 15.8 Å². The second-order valence-electron chi connectivity index (χ2n) is 2.12. The van der Waals surface area contributed by atoms with Gasteiger partial charge in [-0.15, -0.1) is 0 Å². The molecule has 0 saturated heterocycles. The third-order valence-corrected chi connectivity index (χ3v) is 3.94. The van der Waals surface area contributed by atoms with E-state index in [1.807, 2.05) is 0 Å². The molecule has 0 aromatic rings. The Labute approximate surface area is 57.4 Å². The predicted octanol–water partition coefficient (Wildman–Crippen LogP) is 1.44. The van der Waals surface area contributed by atoms with Crippen LogP contribution in [0.1, 0.15) is 20.8 Å². The van der Waals surface area contributed by atoms with Crippen LogP contribution in [0.2, 0.25) is 0 Å². The molecule has 0 bridgehead atoms.